The number of nitrogen functional groups attached to an aromatic ring is 1. The Morgan fingerprint density at radius 1 is 1.47 bits per heavy atom. The zero-order chi connectivity index (χ0) is 13.2. The number of halogens is 2. The SMILES string of the molecule is NC(=O)CC(O)C(O)c1cc(F)cc(Cl)c1N. The number of hydrogen-bond acceptors (Lipinski definition) is 4. The summed E-state index contributed by atoms with van der Waals surface area (Å²) in [6.07, 6.45) is -3.46. The maximum atomic E-state index is 13.1. The van der Waals surface area contributed by atoms with Crippen LogP contribution in [0, 0.1) is 5.82 Å². The highest BCUT2D eigenvalue weighted by molar-refractivity contribution is 6.33. The van der Waals surface area contributed by atoms with Gasteiger partial charge in [0.15, 0.2) is 0 Å². The van der Waals surface area contributed by atoms with Crippen LogP contribution in [0.4, 0.5) is 10.1 Å². The summed E-state index contributed by atoms with van der Waals surface area (Å²) < 4.78 is 13.1. The average Bonchev–Trinajstić information content (AvgIpc) is 2.21. The van der Waals surface area contributed by atoms with E-state index >= 15 is 0 Å². The van der Waals surface area contributed by atoms with Gasteiger partial charge in [-0.1, -0.05) is 11.6 Å². The number of hydrogen-bond donors (Lipinski definition) is 4. The summed E-state index contributed by atoms with van der Waals surface area (Å²) in [5.41, 5.74) is 10.3. The highest BCUT2D eigenvalue weighted by Crippen LogP contribution is 2.31. The summed E-state index contributed by atoms with van der Waals surface area (Å²) in [6.45, 7) is 0. The second kappa shape index (κ2) is 5.31. The van der Waals surface area contributed by atoms with Gasteiger partial charge < -0.3 is 21.7 Å². The van der Waals surface area contributed by atoms with E-state index in [1.54, 1.807) is 0 Å². The first-order valence-electron chi connectivity index (χ1n) is 4.71. The zero-order valence-electron chi connectivity index (χ0n) is 8.73. The third kappa shape index (κ3) is 3.29. The number of carbonyl (C=O) groups excluding carboxylic acids is 1. The minimum Gasteiger partial charge on any atom is -0.397 e. The van der Waals surface area contributed by atoms with E-state index in [0.29, 0.717) is 0 Å². The number of aliphatic hydroxyl groups is 2. The normalized spacial score (nSPS) is 14.4. The van der Waals surface area contributed by atoms with Crippen LogP contribution in [0.5, 0.6) is 0 Å². The second-order valence-electron chi connectivity index (χ2n) is 3.57. The molecule has 0 radical (unpaired) electrons. The summed E-state index contributed by atoms with van der Waals surface area (Å²) in [5, 5.41) is 19.1. The zero-order valence-corrected chi connectivity index (χ0v) is 9.49. The number of rotatable bonds is 4. The first-order valence-corrected chi connectivity index (χ1v) is 5.09. The Balaban J connectivity index is 3.03. The van der Waals surface area contributed by atoms with Crippen LogP contribution in [0.3, 0.4) is 0 Å². The topological polar surface area (TPSA) is 110 Å². The van der Waals surface area contributed by atoms with Crippen molar-refractivity contribution in [3.8, 4) is 0 Å². The molecule has 7 heteroatoms. The smallest absolute Gasteiger partial charge is 0.220 e. The van der Waals surface area contributed by atoms with Crippen molar-refractivity contribution in [3.05, 3.63) is 28.5 Å². The monoisotopic (exact) mass is 262 g/mol. The Morgan fingerprint density at radius 2 is 2.06 bits per heavy atom. The van der Waals surface area contributed by atoms with Gasteiger partial charge in [0.05, 0.1) is 23.2 Å². The van der Waals surface area contributed by atoms with Gasteiger partial charge in [-0.2, -0.15) is 0 Å². The quantitative estimate of drug-likeness (QED) is 0.586. The predicted molar refractivity (Wildman–Crippen MR) is 60.6 cm³/mol. The summed E-state index contributed by atoms with van der Waals surface area (Å²) in [7, 11) is 0. The molecule has 1 aromatic rings. The molecule has 0 heterocycles. The van der Waals surface area contributed by atoms with Crippen molar-refractivity contribution in [3.63, 3.8) is 0 Å². The Morgan fingerprint density at radius 3 is 2.59 bits per heavy atom. The molecule has 94 valence electrons. The third-order valence-corrected chi connectivity index (χ3v) is 2.53. The number of aliphatic hydroxyl groups excluding tert-OH is 2. The molecule has 6 N–H and O–H groups in total. The van der Waals surface area contributed by atoms with Crippen molar-refractivity contribution in [2.75, 3.05) is 5.73 Å². The minimum atomic E-state index is -1.53. The molecule has 2 atom stereocenters. The molecule has 0 spiro atoms. The predicted octanol–water partition coefficient (Wildman–Crippen LogP) is 0.331. The van der Waals surface area contributed by atoms with Crippen molar-refractivity contribution in [1.82, 2.24) is 0 Å². The Bertz CT molecular complexity index is 442. The van der Waals surface area contributed by atoms with Crippen LogP contribution in [0.2, 0.25) is 5.02 Å². The fourth-order valence-corrected chi connectivity index (χ4v) is 1.59. The summed E-state index contributed by atoms with van der Waals surface area (Å²) >= 11 is 5.62. The second-order valence-corrected chi connectivity index (χ2v) is 3.98. The van der Waals surface area contributed by atoms with Crippen molar-refractivity contribution in [1.29, 1.82) is 0 Å². The van der Waals surface area contributed by atoms with E-state index in [1.165, 1.54) is 0 Å². The molecule has 2 unspecified atom stereocenters. The molecule has 1 rings (SSSR count). The van der Waals surface area contributed by atoms with Crippen LogP contribution >= 0.6 is 11.6 Å². The van der Waals surface area contributed by atoms with Crippen LogP contribution in [-0.2, 0) is 4.79 Å². The van der Waals surface area contributed by atoms with Crippen molar-refractivity contribution in [2.45, 2.75) is 18.6 Å². The van der Waals surface area contributed by atoms with Gasteiger partial charge in [-0.05, 0) is 12.1 Å². The standard InChI is InChI=1S/C10H12ClFN2O3/c11-6-2-4(12)1-5(9(6)14)10(17)7(15)3-8(13)16/h1-2,7,10,15,17H,3,14H2,(H2,13,16). The largest absolute Gasteiger partial charge is 0.397 e. The Kier molecular flexibility index (Phi) is 4.28. The Hall–Kier alpha value is -1.37. The molecule has 17 heavy (non-hydrogen) atoms. The van der Waals surface area contributed by atoms with Crippen molar-refractivity contribution >= 4 is 23.2 Å². The van der Waals surface area contributed by atoms with Gasteiger partial charge in [-0.25, -0.2) is 4.39 Å². The molecular weight excluding hydrogens is 251 g/mol. The molecule has 0 bridgehead atoms. The molecule has 0 aromatic heterocycles. The van der Waals surface area contributed by atoms with Gasteiger partial charge in [0.2, 0.25) is 5.91 Å². The number of carbonyl (C=O) groups is 1. The summed E-state index contributed by atoms with van der Waals surface area (Å²) in [5.74, 6) is -1.50. The van der Waals surface area contributed by atoms with Gasteiger partial charge in [-0.15, -0.1) is 0 Å². The molecule has 0 fully saturated rings. The van der Waals surface area contributed by atoms with E-state index in [9.17, 15) is 19.4 Å². The first kappa shape index (κ1) is 13.7. The lowest BCUT2D eigenvalue weighted by molar-refractivity contribution is -0.121. The number of nitrogens with two attached hydrogens (primary N) is 2. The van der Waals surface area contributed by atoms with Crippen LogP contribution < -0.4 is 11.5 Å². The van der Waals surface area contributed by atoms with Gasteiger partial charge in [-0.3, -0.25) is 4.79 Å². The molecule has 0 saturated carbocycles. The highest BCUT2D eigenvalue weighted by atomic mass is 35.5. The van der Waals surface area contributed by atoms with Gasteiger partial charge in [0.25, 0.3) is 0 Å². The number of benzene rings is 1. The van der Waals surface area contributed by atoms with Gasteiger partial charge >= 0.3 is 0 Å². The van der Waals surface area contributed by atoms with E-state index < -0.39 is 30.4 Å². The first-order chi connectivity index (χ1) is 7.82. The Labute approximate surface area is 102 Å². The molecule has 1 aromatic carbocycles. The summed E-state index contributed by atoms with van der Waals surface area (Å²) in [4.78, 5) is 10.6. The number of amides is 1. The van der Waals surface area contributed by atoms with E-state index in [1.807, 2.05) is 0 Å². The minimum absolute atomic E-state index is 0.0518. The molecule has 5 nitrogen and oxygen atoms in total. The van der Waals surface area contributed by atoms with E-state index in [-0.39, 0.29) is 16.3 Å². The van der Waals surface area contributed by atoms with Gasteiger partial charge in [0.1, 0.15) is 11.9 Å². The molecular formula is C10H12ClFN2O3. The maximum absolute atomic E-state index is 13.1. The van der Waals surface area contributed by atoms with E-state index in [4.69, 9.17) is 23.1 Å². The molecule has 1 amide bonds. The summed E-state index contributed by atoms with van der Waals surface area (Å²) in [6, 6.07) is 1.92. The maximum Gasteiger partial charge on any atom is 0.220 e. The van der Waals surface area contributed by atoms with E-state index in [0.717, 1.165) is 12.1 Å². The lowest BCUT2D eigenvalue weighted by Gasteiger charge is -2.19. The van der Waals surface area contributed by atoms with Crippen LogP contribution in [0.15, 0.2) is 12.1 Å². The van der Waals surface area contributed by atoms with Crippen molar-refractivity contribution < 1.29 is 19.4 Å². The highest BCUT2D eigenvalue weighted by Gasteiger charge is 2.23. The lowest BCUT2D eigenvalue weighted by Crippen LogP contribution is -2.26. The van der Waals surface area contributed by atoms with Crippen molar-refractivity contribution in [2.24, 2.45) is 5.73 Å². The van der Waals surface area contributed by atoms with Crippen LogP contribution in [0.1, 0.15) is 18.1 Å². The fourth-order valence-electron chi connectivity index (χ4n) is 1.37. The van der Waals surface area contributed by atoms with Crippen LogP contribution in [0.25, 0.3) is 0 Å². The third-order valence-electron chi connectivity index (χ3n) is 2.22. The molecule has 0 saturated heterocycles. The van der Waals surface area contributed by atoms with Crippen LogP contribution in [-0.4, -0.2) is 22.2 Å². The number of primary amides is 1. The van der Waals surface area contributed by atoms with Gasteiger partial charge in [0, 0.05) is 5.56 Å². The lowest BCUT2D eigenvalue weighted by atomic mass is 10.00. The molecule has 0 aliphatic carbocycles. The van der Waals surface area contributed by atoms with E-state index in [2.05, 4.69) is 0 Å². The average molecular weight is 263 g/mol. The fraction of sp³-hybridized carbons (Fsp3) is 0.300. The molecule has 0 aliphatic rings. The number of anilines is 1. The molecule has 0 aliphatic heterocycles.